The fraction of sp³-hybridized carbons (Fsp3) is 0.500. The van der Waals surface area contributed by atoms with Gasteiger partial charge in [-0.15, -0.1) is 12.4 Å². The molecule has 1 atom stereocenters. The van der Waals surface area contributed by atoms with Gasteiger partial charge in [0.15, 0.2) is 0 Å². The van der Waals surface area contributed by atoms with Gasteiger partial charge in [0, 0.05) is 29.2 Å². The normalized spacial score (nSPS) is 21.0. The van der Waals surface area contributed by atoms with Crippen molar-refractivity contribution in [2.75, 3.05) is 13.1 Å². The van der Waals surface area contributed by atoms with E-state index in [1.165, 1.54) is 6.07 Å². The number of hydrogen-bond donors (Lipinski definition) is 1. The first-order valence-electron chi connectivity index (χ1n) is 5.57. The van der Waals surface area contributed by atoms with E-state index in [1.807, 2.05) is 6.07 Å². The number of piperidine rings is 1. The van der Waals surface area contributed by atoms with E-state index in [4.69, 9.17) is 5.73 Å². The minimum atomic E-state index is -0.145. The Kier molecular flexibility index (Phi) is 5.86. The van der Waals surface area contributed by atoms with E-state index in [-0.39, 0.29) is 24.3 Å². The molecular weight excluding hydrogens is 307 g/mol. The summed E-state index contributed by atoms with van der Waals surface area (Å²) in [6.45, 7) is 2.51. The highest BCUT2D eigenvalue weighted by atomic mass is 79.9. The van der Waals surface area contributed by atoms with Crippen molar-refractivity contribution in [2.45, 2.75) is 25.4 Å². The zero-order chi connectivity index (χ0) is 11.5. The molecular formula is C12H17BrClFN2. The fourth-order valence-electron chi connectivity index (χ4n) is 2.14. The van der Waals surface area contributed by atoms with Crippen molar-refractivity contribution in [3.8, 4) is 0 Å². The van der Waals surface area contributed by atoms with E-state index in [0.29, 0.717) is 6.54 Å². The summed E-state index contributed by atoms with van der Waals surface area (Å²) in [5.74, 6) is -0.145. The molecule has 1 aliphatic heterocycles. The van der Waals surface area contributed by atoms with Crippen LogP contribution in [-0.4, -0.2) is 24.0 Å². The third-order valence-corrected chi connectivity index (χ3v) is 3.73. The third-order valence-electron chi connectivity index (χ3n) is 2.99. The number of nitrogens with zero attached hydrogens (tertiary/aromatic N) is 1. The summed E-state index contributed by atoms with van der Waals surface area (Å²) < 4.78 is 14.5. The molecule has 2 rings (SSSR count). The van der Waals surface area contributed by atoms with Gasteiger partial charge < -0.3 is 5.73 Å². The van der Waals surface area contributed by atoms with Crippen LogP contribution in [-0.2, 0) is 6.54 Å². The van der Waals surface area contributed by atoms with E-state index < -0.39 is 0 Å². The molecule has 1 aromatic carbocycles. The van der Waals surface area contributed by atoms with Gasteiger partial charge in [-0.1, -0.05) is 22.0 Å². The monoisotopic (exact) mass is 322 g/mol. The lowest BCUT2D eigenvalue weighted by Crippen LogP contribution is -2.42. The largest absolute Gasteiger partial charge is 0.327 e. The Morgan fingerprint density at radius 2 is 2.24 bits per heavy atom. The van der Waals surface area contributed by atoms with Crippen molar-refractivity contribution in [2.24, 2.45) is 5.73 Å². The van der Waals surface area contributed by atoms with Crippen molar-refractivity contribution in [3.05, 3.63) is 34.1 Å². The standard InChI is InChI=1S/C12H16BrFN2.ClH/c13-11-4-1-5-12(14)10(11)8-16-6-2-3-9(15)7-16;/h1,4-5,9H,2-3,6-8,15H2;1H. The number of likely N-dealkylation sites (tertiary alicyclic amines) is 1. The Morgan fingerprint density at radius 3 is 2.88 bits per heavy atom. The maximum absolute atomic E-state index is 13.6. The van der Waals surface area contributed by atoms with E-state index in [2.05, 4.69) is 20.8 Å². The summed E-state index contributed by atoms with van der Waals surface area (Å²) in [5.41, 5.74) is 6.64. The van der Waals surface area contributed by atoms with Crippen molar-refractivity contribution in [1.82, 2.24) is 4.90 Å². The third kappa shape index (κ3) is 3.91. The summed E-state index contributed by atoms with van der Waals surface area (Å²) in [6, 6.07) is 5.33. The number of rotatable bonds is 2. The number of hydrogen-bond acceptors (Lipinski definition) is 2. The maximum atomic E-state index is 13.6. The molecule has 96 valence electrons. The molecule has 1 aromatic rings. The molecule has 1 aliphatic rings. The molecule has 5 heteroatoms. The van der Waals surface area contributed by atoms with E-state index in [0.717, 1.165) is 36.0 Å². The summed E-state index contributed by atoms with van der Waals surface area (Å²) in [5, 5.41) is 0. The van der Waals surface area contributed by atoms with Crippen LogP contribution in [0.1, 0.15) is 18.4 Å². The van der Waals surface area contributed by atoms with Gasteiger partial charge >= 0.3 is 0 Å². The molecule has 0 bridgehead atoms. The van der Waals surface area contributed by atoms with Crippen molar-refractivity contribution >= 4 is 28.3 Å². The molecule has 2 N–H and O–H groups in total. The molecule has 0 spiro atoms. The van der Waals surface area contributed by atoms with Crippen molar-refractivity contribution < 1.29 is 4.39 Å². The van der Waals surface area contributed by atoms with Gasteiger partial charge in [0.25, 0.3) is 0 Å². The molecule has 0 radical (unpaired) electrons. The van der Waals surface area contributed by atoms with Crippen LogP contribution in [0.15, 0.2) is 22.7 Å². The minimum Gasteiger partial charge on any atom is -0.327 e. The van der Waals surface area contributed by atoms with Crippen molar-refractivity contribution in [1.29, 1.82) is 0 Å². The number of nitrogens with two attached hydrogens (primary N) is 1. The molecule has 1 unspecified atom stereocenters. The minimum absolute atomic E-state index is 0. The first-order chi connectivity index (χ1) is 7.66. The van der Waals surface area contributed by atoms with Gasteiger partial charge in [0.1, 0.15) is 5.82 Å². The van der Waals surface area contributed by atoms with Crippen LogP contribution in [0.4, 0.5) is 4.39 Å². The van der Waals surface area contributed by atoms with Gasteiger partial charge in [0.2, 0.25) is 0 Å². The molecule has 0 aromatic heterocycles. The van der Waals surface area contributed by atoms with E-state index in [9.17, 15) is 4.39 Å². The zero-order valence-corrected chi connectivity index (χ0v) is 11.9. The highest BCUT2D eigenvalue weighted by molar-refractivity contribution is 9.10. The lowest BCUT2D eigenvalue weighted by molar-refractivity contribution is 0.199. The van der Waals surface area contributed by atoms with Crippen LogP contribution >= 0.6 is 28.3 Å². The molecule has 2 nitrogen and oxygen atoms in total. The predicted octanol–water partition coefficient (Wildman–Crippen LogP) is 2.93. The molecule has 17 heavy (non-hydrogen) atoms. The number of halogens is 3. The Labute approximate surface area is 116 Å². The average Bonchev–Trinajstić information content (AvgIpc) is 2.24. The summed E-state index contributed by atoms with van der Waals surface area (Å²) in [7, 11) is 0. The predicted molar refractivity (Wildman–Crippen MR) is 73.8 cm³/mol. The zero-order valence-electron chi connectivity index (χ0n) is 9.53. The lowest BCUT2D eigenvalue weighted by Gasteiger charge is -2.30. The molecule has 1 heterocycles. The topological polar surface area (TPSA) is 29.3 Å². The SMILES string of the molecule is Cl.NC1CCCN(Cc2c(F)cccc2Br)C1. The van der Waals surface area contributed by atoms with Crippen LogP contribution in [0.5, 0.6) is 0 Å². The molecule has 1 saturated heterocycles. The second-order valence-corrected chi connectivity index (χ2v) is 5.19. The highest BCUT2D eigenvalue weighted by Crippen LogP contribution is 2.22. The first kappa shape index (κ1) is 14.9. The van der Waals surface area contributed by atoms with Crippen LogP contribution in [0.3, 0.4) is 0 Å². The van der Waals surface area contributed by atoms with Crippen LogP contribution < -0.4 is 5.73 Å². The summed E-state index contributed by atoms with van der Waals surface area (Å²) >= 11 is 3.39. The molecule has 1 fully saturated rings. The Bertz CT molecular complexity index is 355. The van der Waals surface area contributed by atoms with E-state index in [1.54, 1.807) is 6.07 Å². The van der Waals surface area contributed by atoms with Crippen molar-refractivity contribution in [3.63, 3.8) is 0 Å². The first-order valence-corrected chi connectivity index (χ1v) is 6.37. The second kappa shape index (κ2) is 6.69. The van der Waals surface area contributed by atoms with Crippen LogP contribution in [0.2, 0.25) is 0 Å². The van der Waals surface area contributed by atoms with Crippen LogP contribution in [0, 0.1) is 5.82 Å². The Hall–Kier alpha value is -0.160. The van der Waals surface area contributed by atoms with E-state index >= 15 is 0 Å². The molecule has 0 saturated carbocycles. The van der Waals surface area contributed by atoms with Gasteiger partial charge in [-0.3, -0.25) is 4.90 Å². The number of benzene rings is 1. The quantitative estimate of drug-likeness (QED) is 0.907. The second-order valence-electron chi connectivity index (χ2n) is 4.34. The molecule has 0 aliphatic carbocycles. The fourth-order valence-corrected chi connectivity index (χ4v) is 2.61. The molecule has 0 amide bonds. The van der Waals surface area contributed by atoms with Crippen LogP contribution in [0.25, 0.3) is 0 Å². The van der Waals surface area contributed by atoms with Gasteiger partial charge in [-0.2, -0.15) is 0 Å². The maximum Gasteiger partial charge on any atom is 0.128 e. The van der Waals surface area contributed by atoms with Gasteiger partial charge in [0.05, 0.1) is 0 Å². The summed E-state index contributed by atoms with van der Waals surface area (Å²) in [4.78, 5) is 2.22. The Balaban J connectivity index is 0.00000144. The summed E-state index contributed by atoms with van der Waals surface area (Å²) in [6.07, 6.45) is 2.18. The smallest absolute Gasteiger partial charge is 0.128 e. The van der Waals surface area contributed by atoms with Gasteiger partial charge in [-0.05, 0) is 31.5 Å². The highest BCUT2D eigenvalue weighted by Gasteiger charge is 2.18. The average molecular weight is 324 g/mol. The Morgan fingerprint density at radius 1 is 1.47 bits per heavy atom. The lowest BCUT2D eigenvalue weighted by atomic mass is 10.1. The van der Waals surface area contributed by atoms with Gasteiger partial charge in [-0.25, -0.2) is 4.39 Å².